The molecule has 0 radical (unpaired) electrons. The Morgan fingerprint density at radius 2 is 1.26 bits per heavy atom. The van der Waals surface area contributed by atoms with Gasteiger partial charge in [-0.05, 0) is 93.8 Å². The minimum atomic E-state index is -0.254. The fraction of sp³-hybridized carbons (Fsp3) is 0.400. The summed E-state index contributed by atoms with van der Waals surface area (Å²) in [6.45, 7) is 14.1. The van der Waals surface area contributed by atoms with Crippen LogP contribution in [0.5, 0.6) is 0 Å². The largest absolute Gasteiger partial charge is 0.275 e. The lowest BCUT2D eigenvalue weighted by Crippen LogP contribution is -2.06. The Kier molecular flexibility index (Phi) is 4.60. The van der Waals surface area contributed by atoms with Gasteiger partial charge >= 0.3 is 0 Å². The summed E-state index contributed by atoms with van der Waals surface area (Å²) in [5.74, 6) is 0. The topological polar surface area (TPSA) is 43.1 Å². The van der Waals surface area contributed by atoms with Crippen molar-refractivity contribution in [1.29, 1.82) is 0 Å². The van der Waals surface area contributed by atoms with Gasteiger partial charge in [0.1, 0.15) is 0 Å². The first-order chi connectivity index (χ1) is 10.6. The smallest absolute Gasteiger partial charge is 0.258 e. The Bertz CT molecular complexity index is 775. The minimum Gasteiger partial charge on any atom is -0.258 e. The molecule has 2 aromatic rings. The first kappa shape index (κ1) is 17.2. The zero-order valence-electron chi connectivity index (χ0n) is 15.1. The second kappa shape index (κ2) is 6.15. The third-order valence-corrected chi connectivity index (χ3v) is 5.24. The second-order valence-electron chi connectivity index (χ2n) is 6.62. The van der Waals surface area contributed by atoms with Crippen LogP contribution in [0.15, 0.2) is 12.1 Å². The van der Waals surface area contributed by atoms with Crippen LogP contribution in [0.2, 0.25) is 0 Å². The SMILES string of the molecule is Cc1cc(C)c(Cc2c(C)c(C)c([N+](=O)[O-])c(C)c2C)cc1C. The zero-order chi connectivity index (χ0) is 17.5. The Morgan fingerprint density at radius 3 is 1.74 bits per heavy atom. The Labute approximate surface area is 138 Å². The summed E-state index contributed by atoms with van der Waals surface area (Å²) in [5.41, 5.74) is 10.3. The van der Waals surface area contributed by atoms with Crippen LogP contribution in [-0.4, -0.2) is 4.92 Å². The van der Waals surface area contributed by atoms with Gasteiger partial charge in [-0.1, -0.05) is 12.1 Å². The number of nitrogens with zero attached hydrogens (tertiary/aromatic N) is 1. The summed E-state index contributed by atoms with van der Waals surface area (Å²) in [5, 5.41) is 11.4. The van der Waals surface area contributed by atoms with Crippen molar-refractivity contribution in [1.82, 2.24) is 0 Å². The third kappa shape index (κ3) is 3.00. The molecule has 0 saturated heterocycles. The van der Waals surface area contributed by atoms with E-state index in [0.29, 0.717) is 0 Å². The van der Waals surface area contributed by atoms with Crippen LogP contribution in [0.4, 0.5) is 5.69 Å². The summed E-state index contributed by atoms with van der Waals surface area (Å²) in [6.07, 6.45) is 0.824. The molecule has 0 aliphatic rings. The van der Waals surface area contributed by atoms with Gasteiger partial charge in [-0.25, -0.2) is 0 Å². The quantitative estimate of drug-likeness (QED) is 0.567. The predicted octanol–water partition coefficient (Wildman–Crippen LogP) is 5.34. The number of rotatable bonds is 3. The number of nitro benzene ring substituents is 1. The molecule has 3 nitrogen and oxygen atoms in total. The molecule has 122 valence electrons. The van der Waals surface area contributed by atoms with Crippen LogP contribution in [-0.2, 0) is 6.42 Å². The maximum atomic E-state index is 11.4. The molecule has 0 saturated carbocycles. The highest BCUT2D eigenvalue weighted by atomic mass is 16.6. The van der Waals surface area contributed by atoms with E-state index in [1.807, 2.05) is 27.7 Å². The van der Waals surface area contributed by atoms with Crippen molar-refractivity contribution < 1.29 is 4.92 Å². The Morgan fingerprint density at radius 1 is 0.783 bits per heavy atom. The number of nitro groups is 1. The zero-order valence-corrected chi connectivity index (χ0v) is 15.1. The molecular formula is C20H25NO2. The van der Waals surface area contributed by atoms with Crippen LogP contribution >= 0.6 is 0 Å². The monoisotopic (exact) mass is 311 g/mol. The molecule has 23 heavy (non-hydrogen) atoms. The van der Waals surface area contributed by atoms with E-state index in [0.717, 1.165) is 28.7 Å². The molecule has 0 bridgehead atoms. The van der Waals surface area contributed by atoms with Crippen LogP contribution in [0.25, 0.3) is 0 Å². The van der Waals surface area contributed by atoms with E-state index in [-0.39, 0.29) is 10.6 Å². The van der Waals surface area contributed by atoms with Crippen molar-refractivity contribution in [3.63, 3.8) is 0 Å². The van der Waals surface area contributed by atoms with Gasteiger partial charge in [-0.15, -0.1) is 0 Å². The number of hydrogen-bond acceptors (Lipinski definition) is 2. The van der Waals surface area contributed by atoms with Crippen LogP contribution in [0.1, 0.15) is 50.1 Å². The van der Waals surface area contributed by atoms with Crippen molar-refractivity contribution >= 4 is 5.69 Å². The normalized spacial score (nSPS) is 10.9. The summed E-state index contributed by atoms with van der Waals surface area (Å²) in [7, 11) is 0. The molecule has 0 heterocycles. The average molecular weight is 311 g/mol. The summed E-state index contributed by atoms with van der Waals surface area (Å²) in [4.78, 5) is 11.1. The van der Waals surface area contributed by atoms with Gasteiger partial charge in [-0.2, -0.15) is 0 Å². The highest BCUT2D eigenvalue weighted by Crippen LogP contribution is 2.34. The summed E-state index contributed by atoms with van der Waals surface area (Å²) >= 11 is 0. The van der Waals surface area contributed by atoms with Gasteiger partial charge < -0.3 is 0 Å². The maximum absolute atomic E-state index is 11.4. The minimum absolute atomic E-state index is 0.254. The van der Waals surface area contributed by atoms with Gasteiger partial charge in [-0.3, -0.25) is 10.1 Å². The molecule has 3 heteroatoms. The molecule has 2 rings (SSSR count). The van der Waals surface area contributed by atoms with E-state index < -0.39 is 0 Å². The molecule has 0 unspecified atom stereocenters. The van der Waals surface area contributed by atoms with Gasteiger partial charge in [0.2, 0.25) is 0 Å². The second-order valence-corrected chi connectivity index (χ2v) is 6.62. The molecule has 0 spiro atoms. The average Bonchev–Trinajstić information content (AvgIpc) is 2.46. The Balaban J connectivity index is 2.62. The lowest BCUT2D eigenvalue weighted by Gasteiger charge is -2.18. The number of aryl methyl sites for hydroxylation is 3. The lowest BCUT2D eigenvalue weighted by molar-refractivity contribution is -0.386. The van der Waals surface area contributed by atoms with Gasteiger partial charge in [0.15, 0.2) is 0 Å². The van der Waals surface area contributed by atoms with E-state index in [1.165, 1.54) is 27.8 Å². The first-order valence-corrected chi connectivity index (χ1v) is 7.95. The fourth-order valence-corrected chi connectivity index (χ4v) is 3.31. The van der Waals surface area contributed by atoms with Gasteiger partial charge in [0.25, 0.3) is 5.69 Å². The van der Waals surface area contributed by atoms with E-state index in [1.54, 1.807) is 0 Å². The van der Waals surface area contributed by atoms with Crippen molar-refractivity contribution in [2.24, 2.45) is 0 Å². The standard InChI is InChI=1S/C20H25NO2/c1-11-8-13(3)18(9-12(11)2)10-19-14(4)16(6)20(21(22)23)17(7)15(19)5/h8-9H,10H2,1-7H3. The molecule has 0 fully saturated rings. The van der Waals surface area contributed by atoms with Gasteiger partial charge in [0, 0.05) is 11.1 Å². The summed E-state index contributed by atoms with van der Waals surface area (Å²) in [6, 6.07) is 4.47. The van der Waals surface area contributed by atoms with E-state index >= 15 is 0 Å². The van der Waals surface area contributed by atoms with E-state index in [2.05, 4.69) is 32.9 Å². The third-order valence-electron chi connectivity index (χ3n) is 5.24. The molecule has 0 aromatic heterocycles. The molecule has 2 aromatic carbocycles. The molecule has 0 atom stereocenters. The van der Waals surface area contributed by atoms with Gasteiger partial charge in [0.05, 0.1) is 4.92 Å². The lowest BCUT2D eigenvalue weighted by atomic mass is 9.87. The van der Waals surface area contributed by atoms with E-state index in [9.17, 15) is 10.1 Å². The number of hydrogen-bond donors (Lipinski definition) is 0. The first-order valence-electron chi connectivity index (χ1n) is 7.95. The van der Waals surface area contributed by atoms with Crippen LogP contribution < -0.4 is 0 Å². The Hall–Kier alpha value is -2.16. The highest BCUT2D eigenvalue weighted by molar-refractivity contribution is 5.59. The maximum Gasteiger partial charge on any atom is 0.275 e. The molecular weight excluding hydrogens is 286 g/mol. The van der Waals surface area contributed by atoms with Crippen LogP contribution in [0.3, 0.4) is 0 Å². The van der Waals surface area contributed by atoms with Crippen molar-refractivity contribution in [3.05, 3.63) is 72.3 Å². The van der Waals surface area contributed by atoms with E-state index in [4.69, 9.17) is 0 Å². The number of benzene rings is 2. The van der Waals surface area contributed by atoms with Crippen molar-refractivity contribution in [2.75, 3.05) is 0 Å². The molecule has 0 aliphatic carbocycles. The molecule has 0 aliphatic heterocycles. The fourth-order valence-electron chi connectivity index (χ4n) is 3.31. The highest BCUT2D eigenvalue weighted by Gasteiger charge is 2.22. The summed E-state index contributed by atoms with van der Waals surface area (Å²) < 4.78 is 0. The van der Waals surface area contributed by atoms with Crippen molar-refractivity contribution in [2.45, 2.75) is 54.9 Å². The predicted molar refractivity (Wildman–Crippen MR) is 95.5 cm³/mol. The van der Waals surface area contributed by atoms with Crippen LogP contribution in [0, 0.1) is 58.6 Å². The van der Waals surface area contributed by atoms with Crippen molar-refractivity contribution in [3.8, 4) is 0 Å². The molecule has 0 N–H and O–H groups in total. The molecule has 0 amide bonds.